The summed E-state index contributed by atoms with van der Waals surface area (Å²) in [5, 5.41) is 11.4. The lowest BCUT2D eigenvalue weighted by molar-refractivity contribution is 0.102. The third-order valence-electron chi connectivity index (χ3n) is 3.42. The van der Waals surface area contributed by atoms with E-state index in [1.165, 1.54) is 22.5 Å². The molecule has 0 saturated heterocycles. The predicted molar refractivity (Wildman–Crippen MR) is 102 cm³/mol. The van der Waals surface area contributed by atoms with Gasteiger partial charge in [-0.1, -0.05) is 52.9 Å². The number of nitrogens with one attached hydrogen (secondary N) is 1. The minimum atomic E-state index is -0.214. The molecule has 3 rings (SSSR count). The predicted octanol–water partition coefficient (Wildman–Crippen LogP) is 4.40. The van der Waals surface area contributed by atoms with Crippen molar-refractivity contribution in [2.75, 3.05) is 12.4 Å². The van der Waals surface area contributed by atoms with Crippen LogP contribution in [0.1, 0.15) is 21.5 Å². The number of ether oxygens (including phenoxy) is 1. The molecule has 3 aromatic rings. The topological polar surface area (TPSA) is 64.1 Å². The van der Waals surface area contributed by atoms with E-state index in [1.54, 1.807) is 43.1 Å². The van der Waals surface area contributed by atoms with Crippen LogP contribution >= 0.6 is 23.1 Å². The van der Waals surface area contributed by atoms with E-state index in [4.69, 9.17) is 4.74 Å². The van der Waals surface area contributed by atoms with Gasteiger partial charge in [0.2, 0.25) is 5.13 Å². The highest BCUT2D eigenvalue weighted by Crippen LogP contribution is 2.28. The summed E-state index contributed by atoms with van der Waals surface area (Å²) in [6, 6.07) is 15.3. The Morgan fingerprint density at radius 2 is 2.00 bits per heavy atom. The van der Waals surface area contributed by atoms with Crippen LogP contribution < -0.4 is 10.1 Å². The normalized spacial score (nSPS) is 10.5. The van der Waals surface area contributed by atoms with E-state index in [2.05, 4.69) is 40.6 Å². The Morgan fingerprint density at radius 3 is 2.72 bits per heavy atom. The summed E-state index contributed by atoms with van der Waals surface area (Å²) in [5.41, 5.74) is 3.02. The fourth-order valence-electron chi connectivity index (χ4n) is 2.18. The van der Waals surface area contributed by atoms with Crippen molar-refractivity contribution in [2.24, 2.45) is 0 Å². The van der Waals surface area contributed by atoms with Crippen molar-refractivity contribution in [3.63, 3.8) is 0 Å². The highest BCUT2D eigenvalue weighted by atomic mass is 32.2. The number of anilines is 1. The highest BCUT2D eigenvalue weighted by molar-refractivity contribution is 8.00. The van der Waals surface area contributed by atoms with E-state index in [0.717, 1.165) is 10.1 Å². The van der Waals surface area contributed by atoms with E-state index in [9.17, 15) is 4.79 Å². The summed E-state index contributed by atoms with van der Waals surface area (Å²) in [7, 11) is 1.59. The molecule has 1 N–H and O–H groups in total. The Kier molecular flexibility index (Phi) is 5.67. The van der Waals surface area contributed by atoms with Gasteiger partial charge in [0.1, 0.15) is 5.75 Å². The number of amides is 1. The van der Waals surface area contributed by atoms with Crippen LogP contribution in [0, 0.1) is 6.92 Å². The second kappa shape index (κ2) is 8.13. The third-order valence-corrected chi connectivity index (χ3v) is 5.47. The zero-order valence-corrected chi connectivity index (χ0v) is 15.5. The molecule has 1 amide bonds. The SMILES string of the molecule is COc1ccc(C(=O)Nc2nnc(SCc3cccc(C)c3)s2)cc1. The Bertz CT molecular complexity index is 863. The van der Waals surface area contributed by atoms with Crippen molar-refractivity contribution >= 4 is 34.1 Å². The molecule has 0 unspecified atom stereocenters. The molecule has 0 radical (unpaired) electrons. The highest BCUT2D eigenvalue weighted by Gasteiger charge is 2.11. The maximum Gasteiger partial charge on any atom is 0.257 e. The number of rotatable bonds is 6. The van der Waals surface area contributed by atoms with Crippen molar-refractivity contribution in [2.45, 2.75) is 17.0 Å². The van der Waals surface area contributed by atoms with Crippen molar-refractivity contribution in [1.82, 2.24) is 10.2 Å². The number of aryl methyl sites for hydroxylation is 1. The molecule has 0 aliphatic heterocycles. The average molecular weight is 371 g/mol. The molecule has 128 valence electrons. The molecule has 7 heteroatoms. The van der Waals surface area contributed by atoms with Crippen molar-refractivity contribution < 1.29 is 9.53 Å². The molecule has 0 atom stereocenters. The minimum absolute atomic E-state index is 0.214. The van der Waals surface area contributed by atoms with Crippen LogP contribution in [0.3, 0.4) is 0 Å². The first-order valence-electron chi connectivity index (χ1n) is 7.61. The maximum absolute atomic E-state index is 12.2. The lowest BCUT2D eigenvalue weighted by Crippen LogP contribution is -2.11. The molecule has 1 heterocycles. The average Bonchev–Trinajstić information content (AvgIpc) is 3.07. The molecule has 0 spiro atoms. The van der Waals surface area contributed by atoms with Gasteiger partial charge in [-0.25, -0.2) is 0 Å². The summed E-state index contributed by atoms with van der Waals surface area (Å²) < 4.78 is 5.91. The zero-order valence-electron chi connectivity index (χ0n) is 13.9. The van der Waals surface area contributed by atoms with Gasteiger partial charge in [0.25, 0.3) is 5.91 Å². The Hall–Kier alpha value is -2.38. The van der Waals surface area contributed by atoms with Crippen LogP contribution in [0.15, 0.2) is 52.9 Å². The van der Waals surface area contributed by atoms with Crippen LogP contribution in [-0.4, -0.2) is 23.2 Å². The summed E-state index contributed by atoms with van der Waals surface area (Å²) in [6.45, 7) is 2.08. The first-order valence-corrected chi connectivity index (χ1v) is 9.41. The molecule has 25 heavy (non-hydrogen) atoms. The summed E-state index contributed by atoms with van der Waals surface area (Å²) in [5.74, 6) is 1.32. The Morgan fingerprint density at radius 1 is 1.20 bits per heavy atom. The minimum Gasteiger partial charge on any atom is -0.497 e. The standard InChI is InChI=1S/C18H17N3O2S2/c1-12-4-3-5-13(10-12)11-24-18-21-20-17(25-18)19-16(22)14-6-8-15(23-2)9-7-14/h3-10H,11H2,1-2H3,(H,19,20,22). The number of aromatic nitrogens is 2. The van der Waals surface area contributed by atoms with E-state index in [0.29, 0.717) is 16.4 Å². The van der Waals surface area contributed by atoms with Crippen LogP contribution in [0.4, 0.5) is 5.13 Å². The first kappa shape index (κ1) is 17.4. The van der Waals surface area contributed by atoms with Gasteiger partial charge in [-0.05, 0) is 36.8 Å². The summed E-state index contributed by atoms with van der Waals surface area (Å²) >= 11 is 2.98. The number of carbonyl (C=O) groups is 1. The molecule has 0 saturated carbocycles. The van der Waals surface area contributed by atoms with E-state index >= 15 is 0 Å². The quantitative estimate of drug-likeness (QED) is 0.514. The van der Waals surface area contributed by atoms with Crippen LogP contribution in [0.2, 0.25) is 0 Å². The zero-order chi connectivity index (χ0) is 17.6. The number of thioether (sulfide) groups is 1. The van der Waals surface area contributed by atoms with Gasteiger partial charge in [0.15, 0.2) is 4.34 Å². The van der Waals surface area contributed by atoms with Crippen molar-refractivity contribution in [3.8, 4) is 5.75 Å². The lowest BCUT2D eigenvalue weighted by Gasteiger charge is -2.02. The second-order valence-corrected chi connectivity index (χ2v) is 7.53. The van der Waals surface area contributed by atoms with Crippen molar-refractivity contribution in [1.29, 1.82) is 0 Å². The molecule has 0 fully saturated rings. The van der Waals surface area contributed by atoms with Gasteiger partial charge >= 0.3 is 0 Å². The Balaban J connectivity index is 1.58. The number of hydrogen-bond acceptors (Lipinski definition) is 6. The molecule has 0 aliphatic carbocycles. The first-order chi connectivity index (χ1) is 12.1. The second-order valence-electron chi connectivity index (χ2n) is 5.33. The number of carbonyl (C=O) groups excluding carboxylic acids is 1. The lowest BCUT2D eigenvalue weighted by atomic mass is 10.2. The number of hydrogen-bond donors (Lipinski definition) is 1. The summed E-state index contributed by atoms with van der Waals surface area (Å²) in [6.07, 6.45) is 0. The molecule has 2 aromatic carbocycles. The van der Waals surface area contributed by atoms with Crippen LogP contribution in [-0.2, 0) is 5.75 Å². The van der Waals surface area contributed by atoms with Crippen molar-refractivity contribution in [3.05, 3.63) is 65.2 Å². The molecule has 1 aromatic heterocycles. The van der Waals surface area contributed by atoms with E-state index in [1.807, 2.05) is 6.07 Å². The maximum atomic E-state index is 12.2. The van der Waals surface area contributed by atoms with Gasteiger partial charge in [0.05, 0.1) is 7.11 Å². The van der Waals surface area contributed by atoms with Gasteiger partial charge in [-0.3, -0.25) is 10.1 Å². The fourth-order valence-corrected chi connectivity index (χ4v) is 3.87. The van der Waals surface area contributed by atoms with Crippen LogP contribution in [0.5, 0.6) is 5.75 Å². The third kappa shape index (κ3) is 4.80. The largest absolute Gasteiger partial charge is 0.497 e. The molecule has 0 bridgehead atoms. The van der Waals surface area contributed by atoms with Gasteiger partial charge < -0.3 is 4.74 Å². The molecular formula is C18H17N3O2S2. The van der Waals surface area contributed by atoms with E-state index < -0.39 is 0 Å². The van der Waals surface area contributed by atoms with E-state index in [-0.39, 0.29) is 5.91 Å². The fraction of sp³-hybridized carbons (Fsp3) is 0.167. The smallest absolute Gasteiger partial charge is 0.257 e. The monoisotopic (exact) mass is 371 g/mol. The number of nitrogens with zero attached hydrogens (tertiary/aromatic N) is 2. The van der Waals surface area contributed by atoms with Crippen LogP contribution in [0.25, 0.3) is 0 Å². The van der Waals surface area contributed by atoms with Gasteiger partial charge in [0, 0.05) is 11.3 Å². The number of benzene rings is 2. The number of methoxy groups -OCH3 is 1. The molecular weight excluding hydrogens is 354 g/mol. The Labute approximate surface area is 154 Å². The molecule has 5 nitrogen and oxygen atoms in total. The van der Waals surface area contributed by atoms with Gasteiger partial charge in [-0.15, -0.1) is 10.2 Å². The molecule has 0 aliphatic rings. The van der Waals surface area contributed by atoms with Gasteiger partial charge in [-0.2, -0.15) is 0 Å². The summed E-state index contributed by atoms with van der Waals surface area (Å²) in [4.78, 5) is 12.2.